The van der Waals surface area contributed by atoms with Crippen molar-refractivity contribution >= 4 is 40.3 Å². The van der Waals surface area contributed by atoms with E-state index >= 15 is 0 Å². The van der Waals surface area contributed by atoms with E-state index in [4.69, 9.17) is 16.6 Å². The SMILES string of the molecule is CCN1C(=O)/C(=C\c2cc(C)n(Cc3ccco3)c2C)SC1=S. The van der Waals surface area contributed by atoms with Crippen LogP contribution in [0.5, 0.6) is 0 Å². The van der Waals surface area contributed by atoms with Gasteiger partial charge in [0.05, 0.1) is 17.7 Å². The van der Waals surface area contributed by atoms with E-state index in [1.807, 2.05) is 25.1 Å². The Bertz CT molecular complexity index is 788. The van der Waals surface area contributed by atoms with Gasteiger partial charge >= 0.3 is 0 Å². The Balaban J connectivity index is 1.91. The Labute approximate surface area is 145 Å². The first-order valence-electron chi connectivity index (χ1n) is 7.45. The quantitative estimate of drug-likeness (QED) is 0.620. The number of carbonyl (C=O) groups excluding carboxylic acids is 1. The fraction of sp³-hybridized carbons (Fsp3) is 0.294. The molecule has 3 rings (SSSR count). The summed E-state index contributed by atoms with van der Waals surface area (Å²) in [6.45, 7) is 7.35. The summed E-state index contributed by atoms with van der Waals surface area (Å²) in [7, 11) is 0. The maximum Gasteiger partial charge on any atom is 0.266 e. The monoisotopic (exact) mass is 346 g/mol. The number of carbonyl (C=O) groups is 1. The molecule has 0 N–H and O–H groups in total. The minimum atomic E-state index is -0.00154. The minimum Gasteiger partial charge on any atom is -0.467 e. The largest absolute Gasteiger partial charge is 0.467 e. The molecule has 2 aromatic rings. The van der Waals surface area contributed by atoms with Crippen LogP contribution in [0.15, 0.2) is 33.8 Å². The lowest BCUT2D eigenvalue weighted by atomic mass is 10.2. The molecular weight excluding hydrogens is 328 g/mol. The fourth-order valence-corrected chi connectivity index (χ4v) is 4.06. The van der Waals surface area contributed by atoms with E-state index in [0.29, 0.717) is 22.3 Å². The molecule has 1 aliphatic rings. The average molecular weight is 346 g/mol. The van der Waals surface area contributed by atoms with Crippen LogP contribution in [0.4, 0.5) is 0 Å². The first kappa shape index (κ1) is 16.1. The lowest BCUT2D eigenvalue weighted by molar-refractivity contribution is -0.121. The summed E-state index contributed by atoms with van der Waals surface area (Å²) < 4.78 is 8.25. The number of aryl methyl sites for hydroxylation is 1. The molecule has 0 saturated carbocycles. The van der Waals surface area contributed by atoms with E-state index in [1.165, 1.54) is 11.8 Å². The van der Waals surface area contributed by atoms with Crippen molar-refractivity contribution in [2.45, 2.75) is 27.3 Å². The molecule has 1 saturated heterocycles. The first-order valence-corrected chi connectivity index (χ1v) is 8.68. The summed E-state index contributed by atoms with van der Waals surface area (Å²) in [5, 5.41) is 0. The van der Waals surface area contributed by atoms with Gasteiger partial charge in [-0.1, -0.05) is 24.0 Å². The first-order chi connectivity index (χ1) is 11.0. The minimum absolute atomic E-state index is 0.00154. The zero-order valence-electron chi connectivity index (χ0n) is 13.3. The zero-order valence-corrected chi connectivity index (χ0v) is 15.0. The van der Waals surface area contributed by atoms with Gasteiger partial charge in [-0.3, -0.25) is 9.69 Å². The number of hydrogen-bond acceptors (Lipinski definition) is 4. The molecule has 0 aliphatic carbocycles. The van der Waals surface area contributed by atoms with Crippen LogP contribution in [-0.2, 0) is 11.3 Å². The molecule has 120 valence electrons. The van der Waals surface area contributed by atoms with Gasteiger partial charge in [0.25, 0.3) is 5.91 Å². The Morgan fingerprint density at radius 3 is 2.78 bits per heavy atom. The van der Waals surface area contributed by atoms with Gasteiger partial charge in [-0.05, 0) is 50.6 Å². The molecule has 6 heteroatoms. The fourth-order valence-electron chi connectivity index (χ4n) is 2.69. The van der Waals surface area contributed by atoms with Crippen molar-refractivity contribution in [1.29, 1.82) is 0 Å². The summed E-state index contributed by atoms with van der Waals surface area (Å²) in [6, 6.07) is 5.95. The highest BCUT2D eigenvalue weighted by atomic mass is 32.2. The highest BCUT2D eigenvalue weighted by Crippen LogP contribution is 2.33. The summed E-state index contributed by atoms with van der Waals surface area (Å²) in [5.41, 5.74) is 3.29. The van der Waals surface area contributed by atoms with Crippen molar-refractivity contribution < 1.29 is 9.21 Å². The smallest absolute Gasteiger partial charge is 0.266 e. The van der Waals surface area contributed by atoms with E-state index in [1.54, 1.807) is 11.2 Å². The van der Waals surface area contributed by atoms with Gasteiger partial charge < -0.3 is 8.98 Å². The summed E-state index contributed by atoms with van der Waals surface area (Å²) in [4.78, 5) is 14.7. The second-order valence-electron chi connectivity index (χ2n) is 5.42. The number of nitrogens with zero attached hydrogens (tertiary/aromatic N) is 2. The molecule has 23 heavy (non-hydrogen) atoms. The van der Waals surface area contributed by atoms with Crippen LogP contribution in [-0.4, -0.2) is 26.2 Å². The zero-order chi connectivity index (χ0) is 16.6. The van der Waals surface area contributed by atoms with Crippen LogP contribution in [0.25, 0.3) is 6.08 Å². The normalized spacial score (nSPS) is 16.8. The molecule has 2 aromatic heterocycles. The Morgan fingerprint density at radius 2 is 2.17 bits per heavy atom. The van der Waals surface area contributed by atoms with Crippen LogP contribution >= 0.6 is 24.0 Å². The summed E-state index contributed by atoms with van der Waals surface area (Å²) >= 11 is 6.63. The standard InChI is InChI=1S/C17H18N2O2S2/c1-4-18-16(20)15(23-17(18)22)9-13-8-11(2)19(12(13)3)10-14-6-5-7-21-14/h5-9H,4,10H2,1-3H3/b15-9+. The van der Waals surface area contributed by atoms with Crippen molar-refractivity contribution in [2.75, 3.05) is 6.54 Å². The van der Waals surface area contributed by atoms with Gasteiger partial charge in [0.2, 0.25) is 0 Å². The van der Waals surface area contributed by atoms with Crippen molar-refractivity contribution in [3.8, 4) is 0 Å². The summed E-state index contributed by atoms with van der Waals surface area (Å²) in [5.74, 6) is 0.911. The molecule has 1 amide bonds. The molecule has 1 aliphatic heterocycles. The van der Waals surface area contributed by atoms with E-state index in [9.17, 15) is 4.79 Å². The van der Waals surface area contributed by atoms with E-state index < -0.39 is 0 Å². The van der Waals surface area contributed by atoms with Gasteiger partial charge in [-0.2, -0.15) is 0 Å². The maximum atomic E-state index is 12.3. The molecule has 0 atom stereocenters. The molecule has 1 fully saturated rings. The van der Waals surface area contributed by atoms with Gasteiger partial charge in [-0.25, -0.2) is 0 Å². The molecule has 4 nitrogen and oxygen atoms in total. The van der Waals surface area contributed by atoms with E-state index in [0.717, 1.165) is 22.7 Å². The number of amides is 1. The number of rotatable bonds is 4. The van der Waals surface area contributed by atoms with Crippen LogP contribution in [0.3, 0.4) is 0 Å². The predicted molar refractivity (Wildman–Crippen MR) is 97.3 cm³/mol. The second kappa shape index (κ2) is 6.37. The molecule has 0 radical (unpaired) electrons. The Morgan fingerprint density at radius 1 is 1.39 bits per heavy atom. The number of likely N-dealkylation sites (N-methyl/N-ethyl adjacent to an activating group) is 1. The van der Waals surface area contributed by atoms with E-state index in [-0.39, 0.29) is 5.91 Å². The lowest BCUT2D eigenvalue weighted by Gasteiger charge is -2.09. The van der Waals surface area contributed by atoms with Crippen LogP contribution < -0.4 is 0 Å². The number of hydrogen-bond donors (Lipinski definition) is 0. The van der Waals surface area contributed by atoms with Crippen LogP contribution in [0.1, 0.15) is 29.6 Å². The predicted octanol–water partition coefficient (Wildman–Crippen LogP) is 3.97. The molecule has 0 spiro atoms. The molecule has 3 heterocycles. The van der Waals surface area contributed by atoms with Gasteiger partial charge in [0, 0.05) is 17.9 Å². The van der Waals surface area contributed by atoms with Gasteiger partial charge in [0.15, 0.2) is 0 Å². The number of furan rings is 1. The molecule has 0 aromatic carbocycles. The van der Waals surface area contributed by atoms with Crippen molar-refractivity contribution in [3.63, 3.8) is 0 Å². The van der Waals surface area contributed by atoms with Crippen LogP contribution in [0, 0.1) is 13.8 Å². The number of aromatic nitrogens is 1. The van der Waals surface area contributed by atoms with Crippen molar-refractivity contribution in [2.24, 2.45) is 0 Å². The average Bonchev–Trinajstić information content (AvgIpc) is 3.18. The number of thiocarbonyl (C=S) groups is 1. The highest BCUT2D eigenvalue weighted by molar-refractivity contribution is 8.26. The van der Waals surface area contributed by atoms with Crippen molar-refractivity contribution in [3.05, 3.63) is 52.1 Å². The van der Waals surface area contributed by atoms with E-state index in [2.05, 4.69) is 24.5 Å². The Kier molecular flexibility index (Phi) is 4.46. The third-order valence-electron chi connectivity index (χ3n) is 3.98. The third-order valence-corrected chi connectivity index (χ3v) is 5.36. The number of thioether (sulfide) groups is 1. The highest BCUT2D eigenvalue weighted by Gasteiger charge is 2.30. The molecule has 0 bridgehead atoms. The van der Waals surface area contributed by atoms with Crippen LogP contribution in [0.2, 0.25) is 0 Å². The maximum absolute atomic E-state index is 12.3. The topological polar surface area (TPSA) is 38.4 Å². The molecular formula is C17H18N2O2S2. The Hall–Kier alpha value is -1.79. The van der Waals surface area contributed by atoms with Gasteiger partial charge in [0.1, 0.15) is 10.1 Å². The molecule has 0 unspecified atom stereocenters. The van der Waals surface area contributed by atoms with Crippen molar-refractivity contribution in [1.82, 2.24) is 9.47 Å². The summed E-state index contributed by atoms with van der Waals surface area (Å²) in [6.07, 6.45) is 3.62. The second-order valence-corrected chi connectivity index (χ2v) is 7.09. The third kappa shape index (κ3) is 3.01. The van der Waals surface area contributed by atoms with Gasteiger partial charge in [-0.15, -0.1) is 0 Å². The lowest BCUT2D eigenvalue weighted by Crippen LogP contribution is -2.27.